The predicted octanol–water partition coefficient (Wildman–Crippen LogP) is 0.883. The Morgan fingerprint density at radius 3 is 2.71 bits per heavy atom. The van der Waals surface area contributed by atoms with Gasteiger partial charge in [0.2, 0.25) is 0 Å². The number of halogens is 2. The zero-order valence-corrected chi connectivity index (χ0v) is 8.59. The summed E-state index contributed by atoms with van der Waals surface area (Å²) in [6.45, 7) is 0.333. The van der Waals surface area contributed by atoms with Crippen LogP contribution in [0.1, 0.15) is 10.5 Å². The van der Waals surface area contributed by atoms with Gasteiger partial charge >= 0.3 is 0 Å². The van der Waals surface area contributed by atoms with Crippen LogP contribution in [0.5, 0.6) is 0 Å². The van der Waals surface area contributed by atoms with Crippen LogP contribution >= 0.6 is 23.2 Å². The van der Waals surface area contributed by atoms with E-state index in [1.807, 2.05) is 0 Å². The van der Waals surface area contributed by atoms with Gasteiger partial charge in [-0.25, -0.2) is 0 Å². The molecule has 0 atom stereocenters. The molecule has 1 aromatic heterocycles. The van der Waals surface area contributed by atoms with E-state index in [0.29, 0.717) is 6.54 Å². The number of hydrogen-bond donors (Lipinski definition) is 2. The summed E-state index contributed by atoms with van der Waals surface area (Å²) < 4.78 is 1.54. The lowest BCUT2D eigenvalue weighted by molar-refractivity contribution is 0.0995. The van der Waals surface area contributed by atoms with Gasteiger partial charge in [-0.05, 0) is 6.08 Å². The largest absolute Gasteiger partial charge is 0.396 e. The van der Waals surface area contributed by atoms with Crippen LogP contribution in [0.15, 0.2) is 16.8 Å². The van der Waals surface area contributed by atoms with Gasteiger partial charge in [-0.15, -0.1) is 0 Å². The van der Waals surface area contributed by atoms with Crippen LogP contribution in [0, 0.1) is 0 Å². The summed E-state index contributed by atoms with van der Waals surface area (Å²) in [5.41, 5.74) is 10.8. The summed E-state index contributed by atoms with van der Waals surface area (Å²) in [6, 6.07) is 0. The summed E-state index contributed by atoms with van der Waals surface area (Å²) in [4.78, 5) is 10.8. The van der Waals surface area contributed by atoms with E-state index >= 15 is 0 Å². The number of hydrogen-bond acceptors (Lipinski definition) is 3. The van der Waals surface area contributed by atoms with Gasteiger partial charge in [0, 0.05) is 6.20 Å². The summed E-state index contributed by atoms with van der Waals surface area (Å²) >= 11 is 10.8. The number of allylic oxidation sites excluding steroid dienone is 1. The first-order chi connectivity index (χ1) is 6.50. The molecule has 76 valence electrons. The van der Waals surface area contributed by atoms with Crippen LogP contribution in [0.25, 0.3) is 0 Å². The van der Waals surface area contributed by atoms with Crippen molar-refractivity contribution in [2.24, 2.45) is 5.73 Å². The fourth-order valence-corrected chi connectivity index (χ4v) is 1.02. The van der Waals surface area contributed by atoms with Crippen molar-refractivity contribution in [2.45, 2.75) is 6.54 Å². The minimum absolute atomic E-state index is 0.0455. The lowest BCUT2D eigenvalue weighted by Gasteiger charge is -1.93. The maximum atomic E-state index is 10.8. The highest BCUT2D eigenvalue weighted by molar-refractivity contribution is 6.55. The van der Waals surface area contributed by atoms with Crippen molar-refractivity contribution >= 4 is 34.8 Å². The van der Waals surface area contributed by atoms with E-state index in [2.05, 4.69) is 5.10 Å². The molecule has 1 aromatic rings. The molecule has 1 heterocycles. The zero-order chi connectivity index (χ0) is 10.7. The Bertz CT molecular complexity index is 381. The van der Waals surface area contributed by atoms with Crippen LogP contribution in [0.2, 0.25) is 0 Å². The summed E-state index contributed by atoms with van der Waals surface area (Å²) in [5.74, 6) is -0.665. The standard InChI is InChI=1S/C7H8Cl2N4O/c8-5(9)1-2-13-3-4(10)6(12-13)7(11)14/h1,3H,2,10H2,(H2,11,14). The van der Waals surface area contributed by atoms with E-state index in [4.69, 9.17) is 34.7 Å². The highest BCUT2D eigenvalue weighted by Gasteiger charge is 2.10. The van der Waals surface area contributed by atoms with Crippen LogP contribution < -0.4 is 11.5 Å². The maximum Gasteiger partial charge on any atom is 0.271 e. The molecule has 0 bridgehead atoms. The second-order valence-electron chi connectivity index (χ2n) is 2.51. The summed E-state index contributed by atoms with van der Waals surface area (Å²) in [6.07, 6.45) is 2.99. The quantitative estimate of drug-likeness (QED) is 0.815. The van der Waals surface area contributed by atoms with Crippen molar-refractivity contribution in [3.8, 4) is 0 Å². The molecule has 0 aliphatic heterocycles. The molecule has 14 heavy (non-hydrogen) atoms. The molecule has 0 spiro atoms. The van der Waals surface area contributed by atoms with Crippen molar-refractivity contribution in [2.75, 3.05) is 5.73 Å². The molecule has 0 aliphatic rings. The third-order valence-electron chi connectivity index (χ3n) is 1.46. The molecule has 0 fully saturated rings. The van der Waals surface area contributed by atoms with Gasteiger partial charge in [0.05, 0.1) is 12.2 Å². The third-order valence-corrected chi connectivity index (χ3v) is 1.76. The molecule has 0 saturated carbocycles. The van der Waals surface area contributed by atoms with E-state index in [-0.39, 0.29) is 15.9 Å². The van der Waals surface area contributed by atoms with Crippen molar-refractivity contribution in [3.05, 3.63) is 22.5 Å². The number of aromatic nitrogens is 2. The smallest absolute Gasteiger partial charge is 0.271 e. The fraction of sp³-hybridized carbons (Fsp3) is 0.143. The minimum Gasteiger partial charge on any atom is -0.396 e. The first-order valence-corrected chi connectivity index (χ1v) is 4.40. The average molecular weight is 235 g/mol. The lowest BCUT2D eigenvalue weighted by atomic mass is 10.4. The number of primary amides is 1. The topological polar surface area (TPSA) is 86.9 Å². The third kappa shape index (κ3) is 2.65. The van der Waals surface area contributed by atoms with Gasteiger partial charge in [-0.1, -0.05) is 23.2 Å². The molecule has 5 nitrogen and oxygen atoms in total. The first-order valence-electron chi connectivity index (χ1n) is 3.64. The zero-order valence-electron chi connectivity index (χ0n) is 7.08. The summed E-state index contributed by atoms with van der Waals surface area (Å²) in [7, 11) is 0. The molecule has 0 radical (unpaired) electrons. The molecule has 0 aromatic carbocycles. The van der Waals surface area contributed by atoms with E-state index in [1.54, 1.807) is 0 Å². The predicted molar refractivity (Wildman–Crippen MR) is 54.9 cm³/mol. The highest BCUT2D eigenvalue weighted by atomic mass is 35.5. The second kappa shape index (κ2) is 4.34. The Kier molecular flexibility index (Phi) is 3.38. The van der Waals surface area contributed by atoms with E-state index in [0.717, 1.165) is 0 Å². The highest BCUT2D eigenvalue weighted by Crippen LogP contribution is 2.10. The lowest BCUT2D eigenvalue weighted by Crippen LogP contribution is -2.14. The molecule has 0 aliphatic carbocycles. The Hall–Kier alpha value is -1.20. The van der Waals surface area contributed by atoms with Crippen LogP contribution in [0.3, 0.4) is 0 Å². The molecule has 0 unspecified atom stereocenters. The van der Waals surface area contributed by atoms with Crippen molar-refractivity contribution in [1.82, 2.24) is 9.78 Å². The van der Waals surface area contributed by atoms with Gasteiger partial charge in [-0.2, -0.15) is 5.10 Å². The van der Waals surface area contributed by atoms with E-state index in [9.17, 15) is 4.79 Å². The molecular weight excluding hydrogens is 227 g/mol. The van der Waals surface area contributed by atoms with Gasteiger partial charge in [0.25, 0.3) is 5.91 Å². The van der Waals surface area contributed by atoms with E-state index in [1.165, 1.54) is 17.0 Å². The van der Waals surface area contributed by atoms with Crippen molar-refractivity contribution in [1.29, 1.82) is 0 Å². The van der Waals surface area contributed by atoms with E-state index < -0.39 is 5.91 Å². The fourth-order valence-electron chi connectivity index (χ4n) is 0.884. The Labute approximate surface area is 90.3 Å². The van der Waals surface area contributed by atoms with Gasteiger partial charge in [0.15, 0.2) is 5.69 Å². The Morgan fingerprint density at radius 2 is 2.29 bits per heavy atom. The number of amides is 1. The number of carbonyl (C=O) groups is 1. The Balaban J connectivity index is 2.86. The number of nitrogen functional groups attached to an aromatic ring is 1. The van der Waals surface area contributed by atoms with Gasteiger partial charge < -0.3 is 11.5 Å². The molecule has 1 amide bonds. The SMILES string of the molecule is NC(=O)c1nn(CC=C(Cl)Cl)cc1N. The van der Waals surface area contributed by atoms with Crippen LogP contribution in [-0.2, 0) is 6.54 Å². The molecule has 7 heteroatoms. The molecular formula is C7H8Cl2N4O. The van der Waals surface area contributed by atoms with Crippen LogP contribution in [-0.4, -0.2) is 15.7 Å². The normalized spacial score (nSPS) is 9.86. The van der Waals surface area contributed by atoms with Crippen molar-refractivity contribution < 1.29 is 4.79 Å². The number of nitrogens with two attached hydrogens (primary N) is 2. The minimum atomic E-state index is -0.665. The monoisotopic (exact) mass is 234 g/mol. The van der Waals surface area contributed by atoms with Crippen molar-refractivity contribution in [3.63, 3.8) is 0 Å². The number of rotatable bonds is 3. The first kappa shape index (κ1) is 10.9. The maximum absolute atomic E-state index is 10.8. The second-order valence-corrected chi connectivity index (χ2v) is 3.52. The van der Waals surface area contributed by atoms with Crippen LogP contribution in [0.4, 0.5) is 5.69 Å². The van der Waals surface area contributed by atoms with Gasteiger partial charge in [-0.3, -0.25) is 9.48 Å². The molecule has 1 rings (SSSR count). The number of nitrogens with zero attached hydrogens (tertiary/aromatic N) is 2. The summed E-state index contributed by atoms with van der Waals surface area (Å²) in [5, 5.41) is 3.84. The molecule has 0 saturated heterocycles. The Morgan fingerprint density at radius 1 is 1.64 bits per heavy atom. The number of anilines is 1. The van der Waals surface area contributed by atoms with Gasteiger partial charge in [0.1, 0.15) is 4.49 Å². The molecule has 4 N–H and O–H groups in total. The average Bonchev–Trinajstić information content (AvgIpc) is 2.43. The number of carbonyl (C=O) groups excluding carboxylic acids is 1.